The number of nitrogens with zero attached hydrogens (tertiary/aromatic N) is 1. The van der Waals surface area contributed by atoms with Crippen LogP contribution in [0.25, 0.3) is 11.1 Å². The second-order valence-corrected chi connectivity index (χ2v) is 5.77. The van der Waals surface area contributed by atoms with Gasteiger partial charge in [0.15, 0.2) is 5.78 Å². The lowest BCUT2D eigenvalue weighted by Gasteiger charge is -2.11. The number of pyridine rings is 1. The van der Waals surface area contributed by atoms with E-state index in [1.54, 1.807) is 33.2 Å². The van der Waals surface area contributed by atoms with Crippen LogP contribution in [0, 0.1) is 5.92 Å². The van der Waals surface area contributed by atoms with Crippen molar-refractivity contribution in [3.63, 3.8) is 0 Å². The molecule has 2 aromatic rings. The summed E-state index contributed by atoms with van der Waals surface area (Å²) in [5.41, 5.74) is 3.59. The molecule has 120 valence electrons. The maximum Gasteiger partial charge on any atom is 0.253 e. The van der Waals surface area contributed by atoms with Gasteiger partial charge in [0, 0.05) is 24.7 Å². The van der Waals surface area contributed by atoms with E-state index in [4.69, 9.17) is 0 Å². The summed E-state index contributed by atoms with van der Waals surface area (Å²) in [5.74, 6) is -0.632. The minimum absolute atomic E-state index is 0.127. The van der Waals surface area contributed by atoms with Crippen molar-refractivity contribution in [2.24, 2.45) is 5.92 Å². The number of hydrogen-bond donors (Lipinski definition) is 1. The highest BCUT2D eigenvalue weighted by atomic mass is 16.2. The molecule has 0 aliphatic heterocycles. The van der Waals surface area contributed by atoms with Crippen LogP contribution in [0.1, 0.15) is 47.2 Å². The zero-order valence-electron chi connectivity index (χ0n) is 14.0. The molecule has 0 atom stereocenters. The van der Waals surface area contributed by atoms with Crippen molar-refractivity contribution in [2.75, 3.05) is 7.05 Å². The van der Waals surface area contributed by atoms with Crippen LogP contribution in [-0.2, 0) is 6.42 Å². The molecule has 0 saturated heterocycles. The number of aryl methyl sites for hydroxylation is 1. The third-order valence-electron chi connectivity index (χ3n) is 3.79. The summed E-state index contributed by atoms with van der Waals surface area (Å²) in [5, 5.41) is 2.59. The van der Waals surface area contributed by atoms with Gasteiger partial charge in [-0.2, -0.15) is 0 Å². The van der Waals surface area contributed by atoms with Crippen molar-refractivity contribution in [3.8, 4) is 11.1 Å². The fourth-order valence-corrected chi connectivity index (χ4v) is 2.37. The van der Waals surface area contributed by atoms with Crippen LogP contribution in [0.3, 0.4) is 0 Å². The van der Waals surface area contributed by atoms with Crippen molar-refractivity contribution in [1.82, 2.24) is 10.3 Å². The molecular weight excluding hydrogens is 288 g/mol. The molecule has 23 heavy (non-hydrogen) atoms. The molecule has 0 radical (unpaired) electrons. The molecule has 4 heteroatoms. The second kappa shape index (κ2) is 7.18. The molecule has 0 unspecified atom stereocenters. The van der Waals surface area contributed by atoms with Crippen LogP contribution in [-0.4, -0.2) is 23.7 Å². The largest absolute Gasteiger partial charge is 0.355 e. The van der Waals surface area contributed by atoms with Crippen LogP contribution < -0.4 is 5.32 Å². The number of carbonyl (C=O) groups is 2. The molecule has 0 bridgehead atoms. The van der Waals surface area contributed by atoms with Crippen molar-refractivity contribution in [2.45, 2.75) is 27.2 Å². The molecule has 1 heterocycles. The minimum atomic E-state index is -0.296. The van der Waals surface area contributed by atoms with Gasteiger partial charge in [0.25, 0.3) is 5.91 Å². The topological polar surface area (TPSA) is 59.1 Å². The van der Waals surface area contributed by atoms with Gasteiger partial charge in [-0.25, -0.2) is 0 Å². The van der Waals surface area contributed by atoms with Gasteiger partial charge < -0.3 is 5.32 Å². The van der Waals surface area contributed by atoms with E-state index in [0.717, 1.165) is 17.5 Å². The SMILES string of the molecule is CCc1cccc(-c2cnc(C(=O)C(C)C)c(C(=O)NC)c2)c1. The van der Waals surface area contributed by atoms with Crippen molar-refractivity contribution >= 4 is 11.7 Å². The Labute approximate surface area is 137 Å². The molecule has 0 aliphatic rings. The number of rotatable bonds is 5. The molecule has 4 nitrogen and oxygen atoms in total. The zero-order chi connectivity index (χ0) is 17.0. The van der Waals surface area contributed by atoms with Gasteiger partial charge in [-0.05, 0) is 23.6 Å². The lowest BCUT2D eigenvalue weighted by Crippen LogP contribution is -2.23. The normalized spacial score (nSPS) is 10.7. The Morgan fingerprint density at radius 3 is 2.52 bits per heavy atom. The Hall–Kier alpha value is -2.49. The second-order valence-electron chi connectivity index (χ2n) is 5.77. The first-order chi connectivity index (χ1) is 11.0. The van der Waals surface area contributed by atoms with Gasteiger partial charge >= 0.3 is 0 Å². The van der Waals surface area contributed by atoms with Crippen LogP contribution in [0.5, 0.6) is 0 Å². The standard InChI is InChI=1S/C19H22N2O2/c1-5-13-7-6-8-14(9-13)15-10-16(19(23)20-4)17(21-11-15)18(22)12(2)3/h6-12H,5H2,1-4H3,(H,20,23). The van der Waals surface area contributed by atoms with E-state index in [1.807, 2.05) is 12.1 Å². The molecule has 1 N–H and O–H groups in total. The predicted molar refractivity (Wildman–Crippen MR) is 91.6 cm³/mol. The zero-order valence-corrected chi connectivity index (χ0v) is 14.0. The number of hydrogen-bond acceptors (Lipinski definition) is 3. The summed E-state index contributed by atoms with van der Waals surface area (Å²) in [6.07, 6.45) is 2.60. The van der Waals surface area contributed by atoms with Crippen molar-refractivity contribution in [1.29, 1.82) is 0 Å². The maximum atomic E-state index is 12.3. The predicted octanol–water partition coefficient (Wildman–Crippen LogP) is 3.51. The number of benzene rings is 1. The highest BCUT2D eigenvalue weighted by Crippen LogP contribution is 2.23. The fourth-order valence-electron chi connectivity index (χ4n) is 2.37. The smallest absolute Gasteiger partial charge is 0.253 e. The molecule has 1 aromatic carbocycles. The summed E-state index contributed by atoms with van der Waals surface area (Å²) in [7, 11) is 1.55. The number of amides is 1. The molecule has 0 spiro atoms. The first kappa shape index (κ1) is 16.9. The quantitative estimate of drug-likeness (QED) is 0.860. The summed E-state index contributed by atoms with van der Waals surface area (Å²) >= 11 is 0. The third kappa shape index (κ3) is 3.65. The Kier molecular flexibility index (Phi) is 5.27. The van der Waals surface area contributed by atoms with Gasteiger partial charge in [-0.3, -0.25) is 14.6 Å². The van der Waals surface area contributed by atoms with Gasteiger partial charge in [-0.1, -0.05) is 45.0 Å². The molecule has 0 fully saturated rings. The average molecular weight is 310 g/mol. The van der Waals surface area contributed by atoms with Crippen LogP contribution in [0.2, 0.25) is 0 Å². The third-order valence-corrected chi connectivity index (χ3v) is 3.79. The van der Waals surface area contributed by atoms with Crippen molar-refractivity contribution < 1.29 is 9.59 Å². The van der Waals surface area contributed by atoms with E-state index in [1.165, 1.54) is 5.56 Å². The van der Waals surface area contributed by atoms with E-state index in [9.17, 15) is 9.59 Å². The summed E-state index contributed by atoms with van der Waals surface area (Å²) in [4.78, 5) is 28.7. The average Bonchev–Trinajstić information content (AvgIpc) is 2.59. The molecule has 1 amide bonds. The lowest BCUT2D eigenvalue weighted by atomic mass is 9.97. The Balaban J connectivity index is 2.55. The summed E-state index contributed by atoms with van der Waals surface area (Å²) in [6, 6.07) is 9.85. The van der Waals surface area contributed by atoms with Crippen LogP contribution in [0.15, 0.2) is 36.5 Å². The Morgan fingerprint density at radius 1 is 1.17 bits per heavy atom. The molecule has 0 aliphatic carbocycles. The van der Waals surface area contributed by atoms with Gasteiger partial charge in [0.1, 0.15) is 5.69 Å². The minimum Gasteiger partial charge on any atom is -0.355 e. The number of ketones is 1. The first-order valence-electron chi connectivity index (χ1n) is 7.83. The number of Topliss-reactive ketones (excluding diaryl/α,β-unsaturated/α-hetero) is 1. The number of nitrogens with one attached hydrogen (secondary N) is 1. The van der Waals surface area contributed by atoms with Gasteiger partial charge in [0.2, 0.25) is 0 Å². The molecule has 2 rings (SSSR count). The summed E-state index contributed by atoms with van der Waals surface area (Å²) in [6.45, 7) is 5.70. The Morgan fingerprint density at radius 2 is 1.91 bits per heavy atom. The van der Waals surface area contributed by atoms with Crippen LogP contribution >= 0.6 is 0 Å². The summed E-state index contributed by atoms with van der Waals surface area (Å²) < 4.78 is 0. The highest BCUT2D eigenvalue weighted by Gasteiger charge is 2.21. The lowest BCUT2D eigenvalue weighted by molar-refractivity contribution is 0.0911. The van der Waals surface area contributed by atoms with E-state index in [2.05, 4.69) is 29.4 Å². The van der Waals surface area contributed by atoms with E-state index < -0.39 is 0 Å². The fraction of sp³-hybridized carbons (Fsp3) is 0.316. The first-order valence-corrected chi connectivity index (χ1v) is 7.83. The van der Waals surface area contributed by atoms with E-state index >= 15 is 0 Å². The van der Waals surface area contributed by atoms with Gasteiger partial charge in [0.05, 0.1) is 5.56 Å². The number of aromatic nitrogens is 1. The highest BCUT2D eigenvalue weighted by molar-refractivity contribution is 6.07. The molecule has 0 saturated carbocycles. The van der Waals surface area contributed by atoms with Crippen molar-refractivity contribution in [3.05, 3.63) is 53.3 Å². The van der Waals surface area contributed by atoms with E-state index in [0.29, 0.717) is 5.56 Å². The monoisotopic (exact) mass is 310 g/mol. The maximum absolute atomic E-state index is 12.3. The molecular formula is C19H22N2O2. The van der Waals surface area contributed by atoms with Gasteiger partial charge in [-0.15, -0.1) is 0 Å². The molecule has 1 aromatic heterocycles. The Bertz CT molecular complexity index is 736. The number of carbonyl (C=O) groups excluding carboxylic acids is 2. The van der Waals surface area contributed by atoms with E-state index in [-0.39, 0.29) is 23.3 Å². The van der Waals surface area contributed by atoms with Crippen LogP contribution in [0.4, 0.5) is 0 Å².